The molecule has 0 amide bonds. The fourth-order valence-electron chi connectivity index (χ4n) is 1.71. The quantitative estimate of drug-likeness (QED) is 0.630. The van der Waals surface area contributed by atoms with Gasteiger partial charge in [-0.2, -0.15) is 0 Å². The Labute approximate surface area is 96.9 Å². The third-order valence-electron chi connectivity index (χ3n) is 2.48. The second-order valence-corrected chi connectivity index (χ2v) is 5.06. The summed E-state index contributed by atoms with van der Waals surface area (Å²) in [4.78, 5) is 10.3. The van der Waals surface area contributed by atoms with Crippen molar-refractivity contribution in [3.63, 3.8) is 0 Å². The number of anilines is 1. The van der Waals surface area contributed by atoms with Gasteiger partial charge in [-0.3, -0.25) is 0 Å². The molecule has 0 aliphatic rings. The number of aromatic nitrogens is 2. The monoisotopic (exact) mass is 229 g/mol. The lowest BCUT2D eigenvalue weighted by atomic mass is 10.3. The summed E-state index contributed by atoms with van der Waals surface area (Å²) in [5.74, 6) is 0.915. The summed E-state index contributed by atoms with van der Waals surface area (Å²) in [6.45, 7) is 2.09. The van der Waals surface area contributed by atoms with Crippen LogP contribution in [0.1, 0.15) is 4.88 Å². The number of nitrogens with one attached hydrogen (secondary N) is 1. The zero-order chi connectivity index (χ0) is 11.1. The Kier molecular flexibility index (Phi) is 1.97. The van der Waals surface area contributed by atoms with Crippen molar-refractivity contribution in [1.29, 1.82) is 0 Å². The Morgan fingerprint density at radius 3 is 2.88 bits per heavy atom. The predicted octanol–water partition coefficient (Wildman–Crippen LogP) is 3.18. The minimum atomic E-state index is 0.755. The number of benzene rings is 1. The van der Waals surface area contributed by atoms with Gasteiger partial charge in [0.15, 0.2) is 0 Å². The first-order valence-electron chi connectivity index (χ1n) is 5.04. The van der Waals surface area contributed by atoms with Crippen LogP contribution in [0.2, 0.25) is 0 Å². The van der Waals surface area contributed by atoms with E-state index in [1.165, 1.54) is 4.88 Å². The van der Waals surface area contributed by atoms with Gasteiger partial charge in [-0.05, 0) is 37.3 Å². The van der Waals surface area contributed by atoms with Gasteiger partial charge in [0.1, 0.15) is 5.82 Å². The fraction of sp³-hybridized carbons (Fsp3) is 0.0833. The molecule has 0 radical (unpaired) electrons. The van der Waals surface area contributed by atoms with Gasteiger partial charge in [-0.25, -0.2) is 4.98 Å². The zero-order valence-corrected chi connectivity index (χ0v) is 9.64. The number of hydrogen-bond donors (Lipinski definition) is 2. The molecule has 3 N–H and O–H groups in total. The number of thiophene rings is 1. The van der Waals surface area contributed by atoms with E-state index in [9.17, 15) is 0 Å². The molecular weight excluding hydrogens is 218 g/mol. The van der Waals surface area contributed by atoms with Gasteiger partial charge in [0.2, 0.25) is 0 Å². The highest BCUT2D eigenvalue weighted by Crippen LogP contribution is 2.27. The Morgan fingerprint density at radius 1 is 1.25 bits per heavy atom. The van der Waals surface area contributed by atoms with Crippen LogP contribution >= 0.6 is 11.3 Å². The topological polar surface area (TPSA) is 54.7 Å². The highest BCUT2D eigenvalue weighted by Gasteiger charge is 2.06. The van der Waals surface area contributed by atoms with Crippen molar-refractivity contribution in [3.05, 3.63) is 35.2 Å². The molecular formula is C12H11N3S. The van der Waals surface area contributed by atoms with Crippen LogP contribution in [0.4, 0.5) is 5.69 Å². The van der Waals surface area contributed by atoms with Crippen molar-refractivity contribution in [3.8, 4) is 10.7 Å². The maximum Gasteiger partial charge on any atom is 0.148 e. The summed E-state index contributed by atoms with van der Waals surface area (Å²) in [6, 6.07) is 9.90. The van der Waals surface area contributed by atoms with Gasteiger partial charge in [-0.15, -0.1) is 11.3 Å². The fourth-order valence-corrected chi connectivity index (χ4v) is 2.52. The number of nitrogens with two attached hydrogens (primary N) is 1. The number of H-pyrrole nitrogens is 1. The first-order chi connectivity index (χ1) is 7.72. The number of nitrogens with zero attached hydrogens (tertiary/aromatic N) is 1. The van der Waals surface area contributed by atoms with Crippen LogP contribution in [0, 0.1) is 6.92 Å². The molecule has 16 heavy (non-hydrogen) atoms. The number of aryl methyl sites for hydroxylation is 1. The molecule has 2 heterocycles. The number of fused-ring (bicyclic) bond motifs is 1. The number of nitrogen functional groups attached to an aromatic ring is 1. The standard InChI is InChI=1S/C12H11N3S/c1-7-2-5-11(16-7)12-14-9-4-3-8(13)6-10(9)15-12/h2-6H,13H2,1H3,(H,14,15). The number of hydrogen-bond acceptors (Lipinski definition) is 3. The van der Waals surface area contributed by atoms with Crippen LogP contribution in [0.3, 0.4) is 0 Å². The average Bonchev–Trinajstić information content (AvgIpc) is 2.83. The minimum Gasteiger partial charge on any atom is -0.399 e. The van der Waals surface area contributed by atoms with E-state index in [4.69, 9.17) is 5.73 Å². The van der Waals surface area contributed by atoms with Crippen molar-refractivity contribution in [2.24, 2.45) is 0 Å². The third-order valence-corrected chi connectivity index (χ3v) is 3.49. The van der Waals surface area contributed by atoms with E-state index in [1.807, 2.05) is 18.2 Å². The van der Waals surface area contributed by atoms with Crippen molar-refractivity contribution >= 4 is 28.1 Å². The molecule has 3 aromatic rings. The van der Waals surface area contributed by atoms with Crippen LogP contribution in [0.15, 0.2) is 30.3 Å². The smallest absolute Gasteiger partial charge is 0.148 e. The summed E-state index contributed by atoms with van der Waals surface area (Å²) in [6.07, 6.45) is 0. The van der Waals surface area contributed by atoms with Gasteiger partial charge in [0.25, 0.3) is 0 Å². The van der Waals surface area contributed by atoms with Crippen LogP contribution < -0.4 is 5.73 Å². The number of aromatic amines is 1. The molecule has 0 unspecified atom stereocenters. The van der Waals surface area contributed by atoms with Gasteiger partial charge in [0.05, 0.1) is 15.9 Å². The van der Waals surface area contributed by atoms with Crippen molar-refractivity contribution in [2.75, 3.05) is 5.73 Å². The Morgan fingerprint density at radius 2 is 2.12 bits per heavy atom. The number of imidazole rings is 1. The second-order valence-electron chi connectivity index (χ2n) is 3.77. The summed E-state index contributed by atoms with van der Waals surface area (Å²) >= 11 is 1.74. The molecule has 0 spiro atoms. The molecule has 1 aromatic carbocycles. The lowest BCUT2D eigenvalue weighted by Crippen LogP contribution is -1.82. The van der Waals surface area contributed by atoms with E-state index in [0.717, 1.165) is 27.4 Å². The highest BCUT2D eigenvalue weighted by atomic mass is 32.1. The van der Waals surface area contributed by atoms with Gasteiger partial charge in [0, 0.05) is 10.6 Å². The minimum absolute atomic E-state index is 0.755. The Balaban J connectivity index is 2.18. The van der Waals surface area contributed by atoms with Gasteiger partial charge < -0.3 is 10.7 Å². The molecule has 3 nitrogen and oxygen atoms in total. The summed E-state index contributed by atoms with van der Waals surface area (Å²) in [5.41, 5.74) is 8.43. The summed E-state index contributed by atoms with van der Waals surface area (Å²) in [5, 5.41) is 0. The van der Waals surface area contributed by atoms with Crippen molar-refractivity contribution in [1.82, 2.24) is 9.97 Å². The number of rotatable bonds is 1. The molecule has 0 aliphatic carbocycles. The van der Waals surface area contributed by atoms with Crippen LogP contribution in [0.5, 0.6) is 0 Å². The predicted molar refractivity (Wildman–Crippen MR) is 68.6 cm³/mol. The summed E-state index contributed by atoms with van der Waals surface area (Å²) < 4.78 is 0. The van der Waals surface area contributed by atoms with Crippen molar-refractivity contribution in [2.45, 2.75) is 6.92 Å². The lowest BCUT2D eigenvalue weighted by Gasteiger charge is -1.89. The van der Waals surface area contributed by atoms with E-state index in [2.05, 4.69) is 29.0 Å². The highest BCUT2D eigenvalue weighted by molar-refractivity contribution is 7.15. The van der Waals surface area contributed by atoms with Gasteiger partial charge >= 0.3 is 0 Å². The van der Waals surface area contributed by atoms with E-state index in [1.54, 1.807) is 11.3 Å². The van der Waals surface area contributed by atoms with E-state index >= 15 is 0 Å². The van der Waals surface area contributed by atoms with Crippen LogP contribution in [-0.2, 0) is 0 Å². The van der Waals surface area contributed by atoms with Crippen LogP contribution in [0.25, 0.3) is 21.7 Å². The molecule has 2 aromatic heterocycles. The normalized spacial score (nSPS) is 11.1. The first kappa shape index (κ1) is 9.42. The maximum absolute atomic E-state index is 5.73. The van der Waals surface area contributed by atoms with E-state index in [0.29, 0.717) is 0 Å². The Hall–Kier alpha value is -1.81. The zero-order valence-electron chi connectivity index (χ0n) is 8.82. The van der Waals surface area contributed by atoms with Crippen molar-refractivity contribution < 1.29 is 0 Å². The molecule has 80 valence electrons. The SMILES string of the molecule is Cc1ccc(-c2nc3ccc(N)cc3[nH]2)s1. The molecule has 3 rings (SSSR count). The molecule has 0 atom stereocenters. The molecule has 0 aliphatic heterocycles. The lowest BCUT2D eigenvalue weighted by molar-refractivity contribution is 1.36. The van der Waals surface area contributed by atoms with Crippen LogP contribution in [-0.4, -0.2) is 9.97 Å². The third kappa shape index (κ3) is 1.47. The molecule has 0 saturated carbocycles. The first-order valence-corrected chi connectivity index (χ1v) is 5.86. The van der Waals surface area contributed by atoms with E-state index < -0.39 is 0 Å². The molecule has 0 fully saturated rings. The van der Waals surface area contributed by atoms with Gasteiger partial charge in [-0.1, -0.05) is 0 Å². The van der Waals surface area contributed by atoms with E-state index in [-0.39, 0.29) is 0 Å². The summed E-state index contributed by atoms with van der Waals surface area (Å²) in [7, 11) is 0. The Bertz CT molecular complexity index is 651. The molecule has 4 heteroatoms. The largest absolute Gasteiger partial charge is 0.399 e. The second kappa shape index (κ2) is 3.35. The molecule has 0 bridgehead atoms. The molecule has 0 saturated heterocycles. The maximum atomic E-state index is 5.73. The average molecular weight is 229 g/mol.